The van der Waals surface area contributed by atoms with Crippen molar-refractivity contribution in [1.82, 2.24) is 4.90 Å². The first kappa shape index (κ1) is 18.6. The number of fused-ring (bicyclic) bond motifs is 1. The van der Waals surface area contributed by atoms with E-state index in [4.69, 9.17) is 9.47 Å². The molecule has 27 heavy (non-hydrogen) atoms. The highest BCUT2D eigenvalue weighted by Gasteiger charge is 2.35. The van der Waals surface area contributed by atoms with Gasteiger partial charge in [0.15, 0.2) is 6.61 Å². The maximum absolute atomic E-state index is 12.7. The van der Waals surface area contributed by atoms with Crippen molar-refractivity contribution in [3.05, 3.63) is 70.8 Å². The smallest absolute Gasteiger partial charge is 0.338 e. The van der Waals surface area contributed by atoms with Gasteiger partial charge in [0, 0.05) is 13.0 Å². The van der Waals surface area contributed by atoms with E-state index in [2.05, 4.69) is 0 Å². The van der Waals surface area contributed by atoms with Gasteiger partial charge in [0.05, 0.1) is 12.7 Å². The van der Waals surface area contributed by atoms with Crippen LogP contribution in [-0.4, -0.2) is 42.5 Å². The fourth-order valence-electron chi connectivity index (χ4n) is 3.22. The number of hydrogen-bond donors (Lipinski definition) is 0. The van der Waals surface area contributed by atoms with Gasteiger partial charge in [0.2, 0.25) is 0 Å². The third kappa shape index (κ3) is 4.00. The van der Waals surface area contributed by atoms with Gasteiger partial charge in [-0.3, -0.25) is 4.79 Å². The number of rotatable bonds is 4. The van der Waals surface area contributed by atoms with Crippen LogP contribution < -0.4 is 0 Å². The number of hydrogen-bond acceptors (Lipinski definition) is 5. The number of amides is 1. The number of nitrogens with zero attached hydrogens (tertiary/aromatic N) is 1. The molecule has 1 heterocycles. The van der Waals surface area contributed by atoms with Crippen LogP contribution in [0.15, 0.2) is 48.5 Å². The molecule has 0 saturated carbocycles. The van der Waals surface area contributed by atoms with E-state index in [9.17, 15) is 14.4 Å². The second-order valence-electron chi connectivity index (χ2n) is 6.42. The lowest BCUT2D eigenvalue weighted by molar-refractivity contribution is -0.155. The molecule has 140 valence electrons. The third-order valence-electron chi connectivity index (χ3n) is 4.73. The summed E-state index contributed by atoms with van der Waals surface area (Å²) in [5.41, 5.74) is 3.16. The van der Waals surface area contributed by atoms with Gasteiger partial charge in [-0.2, -0.15) is 0 Å². The maximum Gasteiger partial charge on any atom is 0.338 e. The van der Waals surface area contributed by atoms with E-state index < -0.39 is 30.5 Å². The van der Waals surface area contributed by atoms with E-state index in [0.717, 1.165) is 16.7 Å². The highest BCUT2D eigenvalue weighted by Crippen LogP contribution is 2.24. The Kier molecular flexibility index (Phi) is 5.54. The van der Waals surface area contributed by atoms with Crippen LogP contribution in [0.5, 0.6) is 0 Å². The lowest BCUT2D eigenvalue weighted by Crippen LogP contribution is -2.50. The third-order valence-corrected chi connectivity index (χ3v) is 4.73. The highest BCUT2D eigenvalue weighted by atomic mass is 16.5. The molecule has 0 saturated heterocycles. The number of esters is 2. The molecule has 1 amide bonds. The Morgan fingerprint density at radius 2 is 1.70 bits per heavy atom. The lowest BCUT2D eigenvalue weighted by atomic mass is 9.94. The molecule has 0 aliphatic carbocycles. The van der Waals surface area contributed by atoms with E-state index >= 15 is 0 Å². The molecule has 1 aliphatic rings. The number of carbonyl (C=O) groups excluding carboxylic acids is 3. The standard InChI is InChI=1S/C21H21NO5/c1-14-7-3-6-10-17(14)20(24)27-13-19(23)22-12-16-9-5-4-8-15(16)11-18(22)21(25)26-2/h3-10,18H,11-13H2,1-2H3/t18-/m1/s1. The molecule has 0 bridgehead atoms. The molecule has 0 unspecified atom stereocenters. The van der Waals surface area contributed by atoms with E-state index in [0.29, 0.717) is 12.0 Å². The van der Waals surface area contributed by atoms with E-state index in [1.165, 1.54) is 12.0 Å². The van der Waals surface area contributed by atoms with Crippen LogP contribution in [0, 0.1) is 6.92 Å². The molecule has 1 atom stereocenters. The molecule has 0 radical (unpaired) electrons. The van der Waals surface area contributed by atoms with Crippen molar-refractivity contribution in [2.75, 3.05) is 13.7 Å². The first-order valence-corrected chi connectivity index (χ1v) is 8.68. The summed E-state index contributed by atoms with van der Waals surface area (Å²) in [7, 11) is 1.30. The topological polar surface area (TPSA) is 72.9 Å². The normalized spacial score (nSPS) is 15.6. The Bertz CT molecular complexity index is 876. The van der Waals surface area contributed by atoms with E-state index in [1.54, 1.807) is 25.1 Å². The summed E-state index contributed by atoms with van der Waals surface area (Å²) in [6.07, 6.45) is 0.375. The average molecular weight is 367 g/mol. The van der Waals surface area contributed by atoms with Gasteiger partial charge in [-0.25, -0.2) is 9.59 Å². The second-order valence-corrected chi connectivity index (χ2v) is 6.42. The van der Waals surface area contributed by atoms with E-state index in [1.807, 2.05) is 30.3 Å². The summed E-state index contributed by atoms with van der Waals surface area (Å²) >= 11 is 0. The highest BCUT2D eigenvalue weighted by molar-refractivity contribution is 5.93. The lowest BCUT2D eigenvalue weighted by Gasteiger charge is -2.35. The number of aryl methyl sites for hydroxylation is 1. The van der Waals surface area contributed by atoms with Crippen LogP contribution >= 0.6 is 0 Å². The Hall–Kier alpha value is -3.15. The zero-order valence-electron chi connectivity index (χ0n) is 15.3. The van der Waals surface area contributed by atoms with Gasteiger partial charge in [0.25, 0.3) is 5.91 Å². The van der Waals surface area contributed by atoms with Crippen molar-refractivity contribution in [1.29, 1.82) is 0 Å². The summed E-state index contributed by atoms with van der Waals surface area (Å²) in [5, 5.41) is 0. The molecule has 3 rings (SSSR count). The minimum Gasteiger partial charge on any atom is -0.467 e. The summed E-state index contributed by atoms with van der Waals surface area (Å²) in [5.74, 6) is -1.47. The van der Waals surface area contributed by atoms with Gasteiger partial charge in [-0.1, -0.05) is 42.5 Å². The Morgan fingerprint density at radius 3 is 2.41 bits per heavy atom. The maximum atomic E-state index is 12.7. The summed E-state index contributed by atoms with van der Waals surface area (Å²) in [6, 6.07) is 13.9. The van der Waals surface area contributed by atoms with Crippen LogP contribution in [-0.2, 0) is 32.0 Å². The zero-order valence-corrected chi connectivity index (χ0v) is 15.3. The Balaban J connectivity index is 1.73. The van der Waals surface area contributed by atoms with Crippen LogP contribution in [0.4, 0.5) is 0 Å². The number of benzene rings is 2. The minimum absolute atomic E-state index is 0.274. The van der Waals surface area contributed by atoms with Crippen LogP contribution in [0.1, 0.15) is 27.0 Å². The molecular formula is C21H21NO5. The van der Waals surface area contributed by atoms with Crippen molar-refractivity contribution in [2.24, 2.45) is 0 Å². The molecule has 0 spiro atoms. The molecule has 6 nitrogen and oxygen atoms in total. The average Bonchev–Trinajstić information content (AvgIpc) is 2.70. The molecule has 6 heteroatoms. The van der Waals surface area contributed by atoms with Gasteiger partial charge in [-0.15, -0.1) is 0 Å². The van der Waals surface area contributed by atoms with Gasteiger partial charge >= 0.3 is 11.9 Å². The zero-order chi connectivity index (χ0) is 19.4. The predicted octanol–water partition coefficient (Wildman–Crippen LogP) is 2.28. The fourth-order valence-corrected chi connectivity index (χ4v) is 3.22. The van der Waals surface area contributed by atoms with Crippen molar-refractivity contribution >= 4 is 17.8 Å². The van der Waals surface area contributed by atoms with Gasteiger partial charge in [0.1, 0.15) is 6.04 Å². The molecule has 2 aromatic rings. The molecular weight excluding hydrogens is 346 g/mol. The number of carbonyl (C=O) groups is 3. The predicted molar refractivity (Wildman–Crippen MR) is 98.0 cm³/mol. The van der Waals surface area contributed by atoms with Crippen molar-refractivity contribution in [3.63, 3.8) is 0 Å². The van der Waals surface area contributed by atoms with Gasteiger partial charge in [-0.05, 0) is 29.7 Å². The summed E-state index contributed by atoms with van der Waals surface area (Å²) in [6.45, 7) is 1.65. The molecule has 1 aliphatic heterocycles. The second kappa shape index (κ2) is 8.03. The summed E-state index contributed by atoms with van der Waals surface area (Å²) in [4.78, 5) is 38.5. The molecule has 0 aromatic heterocycles. The number of methoxy groups -OCH3 is 1. The number of ether oxygens (including phenoxy) is 2. The van der Waals surface area contributed by atoms with Crippen LogP contribution in [0.2, 0.25) is 0 Å². The molecule has 0 fully saturated rings. The minimum atomic E-state index is -0.727. The van der Waals surface area contributed by atoms with Crippen molar-refractivity contribution < 1.29 is 23.9 Å². The van der Waals surface area contributed by atoms with E-state index in [-0.39, 0.29) is 6.54 Å². The fraction of sp³-hybridized carbons (Fsp3) is 0.286. The monoisotopic (exact) mass is 367 g/mol. The molecule has 2 aromatic carbocycles. The first-order valence-electron chi connectivity index (χ1n) is 8.68. The van der Waals surface area contributed by atoms with Crippen molar-refractivity contribution in [2.45, 2.75) is 25.9 Å². The Labute approximate surface area is 157 Å². The van der Waals surface area contributed by atoms with Gasteiger partial charge < -0.3 is 14.4 Å². The molecule has 0 N–H and O–H groups in total. The largest absolute Gasteiger partial charge is 0.467 e. The van der Waals surface area contributed by atoms with Crippen LogP contribution in [0.3, 0.4) is 0 Å². The summed E-state index contributed by atoms with van der Waals surface area (Å²) < 4.78 is 10.0. The first-order chi connectivity index (χ1) is 13.0. The Morgan fingerprint density at radius 1 is 1.04 bits per heavy atom. The van der Waals surface area contributed by atoms with Crippen LogP contribution in [0.25, 0.3) is 0 Å². The quantitative estimate of drug-likeness (QED) is 0.775. The van der Waals surface area contributed by atoms with Crippen molar-refractivity contribution in [3.8, 4) is 0 Å². The SMILES string of the molecule is COC(=O)[C@H]1Cc2ccccc2CN1C(=O)COC(=O)c1ccccc1C.